The van der Waals surface area contributed by atoms with E-state index in [0.717, 1.165) is 0 Å². The van der Waals surface area contributed by atoms with Gasteiger partial charge in [-0.1, -0.05) is 6.07 Å². The van der Waals surface area contributed by atoms with Crippen molar-refractivity contribution in [3.05, 3.63) is 22.4 Å². The minimum absolute atomic E-state index is 0.374. The highest BCUT2D eigenvalue weighted by molar-refractivity contribution is 7.09. The van der Waals surface area contributed by atoms with Gasteiger partial charge in [0.25, 0.3) is 0 Å². The number of hydrogen-bond acceptors (Lipinski definition) is 3. The number of rotatable bonds is 4. The van der Waals surface area contributed by atoms with Gasteiger partial charge in [-0.15, -0.1) is 11.3 Å². The lowest BCUT2D eigenvalue weighted by Crippen LogP contribution is -2.50. The Morgan fingerprint density at radius 1 is 1.44 bits per heavy atom. The predicted molar refractivity (Wildman–Crippen MR) is 71.2 cm³/mol. The minimum atomic E-state index is 0.374. The second kappa shape index (κ2) is 5.30. The first kappa shape index (κ1) is 12.1. The van der Waals surface area contributed by atoms with Crippen LogP contribution < -0.4 is 5.32 Å². The van der Waals surface area contributed by atoms with E-state index in [1.165, 1.54) is 43.8 Å². The van der Waals surface area contributed by atoms with Crippen LogP contribution in [0.25, 0.3) is 0 Å². The van der Waals surface area contributed by atoms with Gasteiger partial charge in [0.1, 0.15) is 0 Å². The van der Waals surface area contributed by atoms with Gasteiger partial charge in [-0.3, -0.25) is 0 Å². The first-order valence-electron chi connectivity index (χ1n) is 6.15. The molecule has 3 heteroatoms. The second-order valence-electron chi connectivity index (χ2n) is 4.98. The Hall–Kier alpha value is -0.380. The van der Waals surface area contributed by atoms with Gasteiger partial charge in [-0.05, 0) is 57.8 Å². The monoisotopic (exact) mass is 238 g/mol. The molecule has 2 heterocycles. The van der Waals surface area contributed by atoms with E-state index < -0.39 is 0 Å². The molecule has 1 aromatic heterocycles. The largest absolute Gasteiger partial charge is 0.314 e. The van der Waals surface area contributed by atoms with Gasteiger partial charge >= 0.3 is 0 Å². The molecular weight excluding hydrogens is 216 g/mol. The number of likely N-dealkylation sites (tertiary alicyclic amines) is 1. The van der Waals surface area contributed by atoms with E-state index in [0.29, 0.717) is 5.54 Å². The smallest absolute Gasteiger partial charge is 0.0174 e. The summed E-state index contributed by atoms with van der Waals surface area (Å²) in [5.74, 6) is 0. The summed E-state index contributed by atoms with van der Waals surface area (Å²) < 4.78 is 0. The van der Waals surface area contributed by atoms with Crippen molar-refractivity contribution in [1.29, 1.82) is 0 Å². The molecule has 0 aromatic carbocycles. The van der Waals surface area contributed by atoms with Crippen LogP contribution in [-0.4, -0.2) is 37.1 Å². The van der Waals surface area contributed by atoms with Crippen molar-refractivity contribution >= 4 is 11.3 Å². The average molecular weight is 238 g/mol. The summed E-state index contributed by atoms with van der Waals surface area (Å²) >= 11 is 1.88. The Balaban J connectivity index is 1.73. The topological polar surface area (TPSA) is 15.3 Å². The van der Waals surface area contributed by atoms with Crippen LogP contribution in [0.5, 0.6) is 0 Å². The molecule has 1 saturated heterocycles. The molecule has 0 spiro atoms. The molecule has 2 rings (SSSR count). The van der Waals surface area contributed by atoms with Gasteiger partial charge in [0.05, 0.1) is 0 Å². The highest BCUT2D eigenvalue weighted by atomic mass is 32.1. The Bertz CT molecular complexity index is 300. The molecule has 0 unspecified atom stereocenters. The van der Waals surface area contributed by atoms with E-state index in [2.05, 4.69) is 41.7 Å². The second-order valence-corrected chi connectivity index (χ2v) is 6.01. The van der Waals surface area contributed by atoms with Crippen molar-refractivity contribution in [3.63, 3.8) is 0 Å². The maximum Gasteiger partial charge on any atom is 0.0174 e. The zero-order valence-electron chi connectivity index (χ0n) is 10.3. The lowest BCUT2D eigenvalue weighted by Gasteiger charge is -2.39. The predicted octanol–water partition coefficient (Wildman–Crippen LogP) is 2.36. The summed E-state index contributed by atoms with van der Waals surface area (Å²) in [6, 6.07) is 4.39. The van der Waals surface area contributed by atoms with Crippen molar-refractivity contribution in [1.82, 2.24) is 10.2 Å². The SMILES string of the molecule is CNC1(C)CCN(CCc2cccs2)CC1. The zero-order chi connectivity index (χ0) is 11.4. The molecule has 1 aromatic rings. The van der Waals surface area contributed by atoms with Gasteiger partial charge in [0.2, 0.25) is 0 Å². The van der Waals surface area contributed by atoms with Gasteiger partial charge in [-0.2, -0.15) is 0 Å². The third-order valence-corrected chi connectivity index (χ3v) is 4.75. The van der Waals surface area contributed by atoms with Crippen molar-refractivity contribution in [2.45, 2.75) is 31.7 Å². The quantitative estimate of drug-likeness (QED) is 0.866. The summed E-state index contributed by atoms with van der Waals surface area (Å²) in [4.78, 5) is 4.11. The van der Waals surface area contributed by atoms with E-state index in [1.807, 2.05) is 11.3 Å². The van der Waals surface area contributed by atoms with Crippen LogP contribution in [0.4, 0.5) is 0 Å². The lowest BCUT2D eigenvalue weighted by molar-refractivity contribution is 0.154. The number of nitrogens with one attached hydrogen (secondary N) is 1. The minimum Gasteiger partial charge on any atom is -0.314 e. The fourth-order valence-electron chi connectivity index (χ4n) is 2.24. The molecule has 1 fully saturated rings. The molecule has 0 bridgehead atoms. The summed E-state index contributed by atoms with van der Waals surface area (Å²) in [5, 5.41) is 5.62. The number of hydrogen-bond donors (Lipinski definition) is 1. The molecular formula is C13H22N2S. The molecule has 90 valence electrons. The van der Waals surface area contributed by atoms with E-state index >= 15 is 0 Å². The Morgan fingerprint density at radius 2 is 2.19 bits per heavy atom. The van der Waals surface area contributed by atoms with Crippen LogP contribution in [-0.2, 0) is 6.42 Å². The van der Waals surface area contributed by atoms with Crippen molar-refractivity contribution in [2.24, 2.45) is 0 Å². The number of piperidine rings is 1. The van der Waals surface area contributed by atoms with Crippen molar-refractivity contribution in [3.8, 4) is 0 Å². The summed E-state index contributed by atoms with van der Waals surface area (Å²) in [7, 11) is 2.08. The fraction of sp³-hybridized carbons (Fsp3) is 0.692. The maximum absolute atomic E-state index is 3.45. The Labute approximate surface area is 103 Å². The van der Waals surface area contributed by atoms with Gasteiger partial charge in [0.15, 0.2) is 0 Å². The van der Waals surface area contributed by atoms with Gasteiger partial charge in [-0.25, -0.2) is 0 Å². The number of thiophene rings is 1. The van der Waals surface area contributed by atoms with Crippen LogP contribution in [0.2, 0.25) is 0 Å². The van der Waals surface area contributed by atoms with Crippen LogP contribution >= 0.6 is 11.3 Å². The normalized spacial score (nSPS) is 21.1. The highest BCUT2D eigenvalue weighted by Crippen LogP contribution is 2.21. The van der Waals surface area contributed by atoms with E-state index in [4.69, 9.17) is 0 Å². The molecule has 0 saturated carbocycles. The zero-order valence-corrected chi connectivity index (χ0v) is 11.1. The maximum atomic E-state index is 3.45. The average Bonchev–Trinajstić information content (AvgIpc) is 2.81. The Morgan fingerprint density at radius 3 is 2.75 bits per heavy atom. The van der Waals surface area contributed by atoms with Gasteiger partial charge < -0.3 is 10.2 Å². The third kappa shape index (κ3) is 3.06. The van der Waals surface area contributed by atoms with E-state index in [9.17, 15) is 0 Å². The highest BCUT2D eigenvalue weighted by Gasteiger charge is 2.27. The summed E-state index contributed by atoms with van der Waals surface area (Å²) in [6.07, 6.45) is 3.76. The molecule has 1 N–H and O–H groups in total. The standard InChI is InChI=1S/C13H22N2S/c1-13(14-2)6-9-15(10-7-13)8-5-12-4-3-11-16-12/h3-4,11,14H,5-10H2,1-2H3. The lowest BCUT2D eigenvalue weighted by atomic mass is 9.90. The van der Waals surface area contributed by atoms with Crippen LogP contribution in [0.15, 0.2) is 17.5 Å². The fourth-order valence-corrected chi connectivity index (χ4v) is 2.94. The molecule has 1 aliphatic rings. The van der Waals surface area contributed by atoms with Crippen LogP contribution in [0.1, 0.15) is 24.6 Å². The molecule has 1 aliphatic heterocycles. The molecule has 0 atom stereocenters. The van der Waals surface area contributed by atoms with Gasteiger partial charge in [0, 0.05) is 17.0 Å². The summed E-state index contributed by atoms with van der Waals surface area (Å²) in [6.45, 7) is 6.04. The molecule has 2 nitrogen and oxygen atoms in total. The summed E-state index contributed by atoms with van der Waals surface area (Å²) in [5.41, 5.74) is 0.374. The van der Waals surface area contributed by atoms with Crippen LogP contribution in [0.3, 0.4) is 0 Å². The third-order valence-electron chi connectivity index (χ3n) is 3.82. The van der Waals surface area contributed by atoms with Crippen LogP contribution in [0, 0.1) is 0 Å². The molecule has 0 amide bonds. The van der Waals surface area contributed by atoms with Crippen molar-refractivity contribution < 1.29 is 0 Å². The molecule has 16 heavy (non-hydrogen) atoms. The first-order chi connectivity index (χ1) is 7.72. The number of nitrogens with zero attached hydrogens (tertiary/aromatic N) is 1. The molecule has 0 aliphatic carbocycles. The Kier molecular flexibility index (Phi) is 4.00. The van der Waals surface area contributed by atoms with E-state index in [1.54, 1.807) is 0 Å². The first-order valence-corrected chi connectivity index (χ1v) is 7.03. The van der Waals surface area contributed by atoms with E-state index in [-0.39, 0.29) is 0 Å². The van der Waals surface area contributed by atoms with Crippen molar-refractivity contribution in [2.75, 3.05) is 26.7 Å². The molecule has 0 radical (unpaired) electrons.